The van der Waals surface area contributed by atoms with Crippen LogP contribution < -0.4 is 4.57 Å². The SMILES string of the molecule is Br.Br.Br.Cc1cccc[n+]1CC(=O)C1CCCC1. The molecule has 1 fully saturated rings. The third-order valence-electron chi connectivity index (χ3n) is 3.30. The fourth-order valence-corrected chi connectivity index (χ4v) is 2.28. The fraction of sp³-hybridized carbons (Fsp3) is 0.538. The quantitative estimate of drug-likeness (QED) is 0.647. The molecule has 0 saturated heterocycles. The molecule has 1 aliphatic rings. The molecule has 0 atom stereocenters. The van der Waals surface area contributed by atoms with Crippen LogP contribution in [0.5, 0.6) is 0 Å². The van der Waals surface area contributed by atoms with Crippen molar-refractivity contribution in [1.29, 1.82) is 0 Å². The summed E-state index contributed by atoms with van der Waals surface area (Å²) < 4.78 is 2.04. The van der Waals surface area contributed by atoms with Crippen LogP contribution in [-0.4, -0.2) is 5.78 Å². The molecule has 1 aromatic rings. The molecule has 0 unspecified atom stereocenters. The summed E-state index contributed by atoms with van der Waals surface area (Å²) in [5, 5.41) is 0. The topological polar surface area (TPSA) is 20.9 Å². The van der Waals surface area contributed by atoms with Gasteiger partial charge in [0.2, 0.25) is 12.3 Å². The minimum Gasteiger partial charge on any atom is -0.292 e. The Morgan fingerprint density at radius 2 is 1.83 bits per heavy atom. The van der Waals surface area contributed by atoms with Gasteiger partial charge in [0, 0.05) is 25.0 Å². The molecule has 0 amide bonds. The van der Waals surface area contributed by atoms with E-state index in [-0.39, 0.29) is 50.9 Å². The Morgan fingerprint density at radius 3 is 2.39 bits per heavy atom. The van der Waals surface area contributed by atoms with Gasteiger partial charge in [-0.15, -0.1) is 50.9 Å². The molecule has 104 valence electrons. The number of aryl methyl sites for hydroxylation is 1. The van der Waals surface area contributed by atoms with Gasteiger partial charge in [0.1, 0.15) is 0 Å². The van der Waals surface area contributed by atoms with Gasteiger partial charge in [0.05, 0.1) is 0 Å². The summed E-state index contributed by atoms with van der Waals surface area (Å²) in [6, 6.07) is 6.03. The first kappa shape index (κ1) is 20.6. The first-order valence-corrected chi connectivity index (χ1v) is 5.75. The van der Waals surface area contributed by atoms with E-state index in [0.717, 1.165) is 18.5 Å². The van der Waals surface area contributed by atoms with Gasteiger partial charge in [-0.2, -0.15) is 4.57 Å². The van der Waals surface area contributed by atoms with Gasteiger partial charge in [0.15, 0.2) is 11.9 Å². The highest BCUT2D eigenvalue weighted by Crippen LogP contribution is 2.25. The Kier molecular flexibility index (Phi) is 11.5. The lowest BCUT2D eigenvalue weighted by atomic mass is 10.0. The molecule has 0 N–H and O–H groups in total. The van der Waals surface area contributed by atoms with Crippen molar-refractivity contribution in [2.75, 3.05) is 0 Å². The zero-order valence-electron chi connectivity index (χ0n) is 10.5. The van der Waals surface area contributed by atoms with Gasteiger partial charge in [0.25, 0.3) is 0 Å². The van der Waals surface area contributed by atoms with Gasteiger partial charge >= 0.3 is 0 Å². The third-order valence-corrected chi connectivity index (χ3v) is 3.30. The van der Waals surface area contributed by atoms with Crippen molar-refractivity contribution >= 4 is 56.7 Å². The molecule has 0 bridgehead atoms. The van der Waals surface area contributed by atoms with Crippen molar-refractivity contribution < 1.29 is 9.36 Å². The Labute approximate surface area is 140 Å². The molecule has 1 heterocycles. The minimum absolute atomic E-state index is 0. The molecule has 0 spiro atoms. The second-order valence-corrected chi connectivity index (χ2v) is 4.42. The van der Waals surface area contributed by atoms with Gasteiger partial charge in [-0.3, -0.25) is 4.79 Å². The number of nitrogens with zero attached hydrogens (tertiary/aromatic N) is 1. The first-order chi connectivity index (χ1) is 7.27. The lowest BCUT2D eigenvalue weighted by Gasteiger charge is -2.05. The van der Waals surface area contributed by atoms with E-state index < -0.39 is 0 Å². The van der Waals surface area contributed by atoms with E-state index in [2.05, 4.69) is 0 Å². The van der Waals surface area contributed by atoms with Crippen LogP contribution in [0.25, 0.3) is 0 Å². The van der Waals surface area contributed by atoms with E-state index in [1.807, 2.05) is 35.9 Å². The number of hydrogen-bond acceptors (Lipinski definition) is 1. The molecule has 5 heteroatoms. The van der Waals surface area contributed by atoms with Crippen molar-refractivity contribution in [3.8, 4) is 0 Å². The van der Waals surface area contributed by atoms with Crippen LogP contribution in [0.4, 0.5) is 0 Å². The van der Waals surface area contributed by atoms with E-state index in [0.29, 0.717) is 18.2 Å². The third kappa shape index (κ3) is 5.49. The summed E-state index contributed by atoms with van der Waals surface area (Å²) in [6.07, 6.45) is 6.66. The zero-order chi connectivity index (χ0) is 10.7. The predicted molar refractivity (Wildman–Crippen MR) is 89.3 cm³/mol. The maximum absolute atomic E-state index is 11.9. The number of rotatable bonds is 3. The Hall–Kier alpha value is 0.260. The van der Waals surface area contributed by atoms with E-state index in [1.165, 1.54) is 12.8 Å². The molecular weight excluding hydrogens is 426 g/mol. The van der Waals surface area contributed by atoms with Crippen LogP contribution in [0.1, 0.15) is 31.4 Å². The highest BCUT2D eigenvalue weighted by molar-refractivity contribution is 8.93. The van der Waals surface area contributed by atoms with Gasteiger partial charge in [-0.25, -0.2) is 0 Å². The van der Waals surface area contributed by atoms with E-state index in [4.69, 9.17) is 0 Å². The molecular formula is C13H21Br3NO+. The lowest BCUT2D eigenvalue weighted by Crippen LogP contribution is -2.41. The van der Waals surface area contributed by atoms with Crippen LogP contribution in [0.3, 0.4) is 0 Å². The lowest BCUT2D eigenvalue weighted by molar-refractivity contribution is -0.690. The average Bonchev–Trinajstić information content (AvgIpc) is 2.74. The number of carbonyl (C=O) groups is 1. The predicted octanol–water partition coefficient (Wildman–Crippen LogP) is 3.78. The highest BCUT2D eigenvalue weighted by Gasteiger charge is 2.25. The summed E-state index contributed by atoms with van der Waals surface area (Å²) in [6.45, 7) is 2.60. The van der Waals surface area contributed by atoms with E-state index in [1.54, 1.807) is 0 Å². The zero-order valence-corrected chi connectivity index (χ0v) is 15.6. The van der Waals surface area contributed by atoms with Gasteiger partial charge in [-0.05, 0) is 12.8 Å². The van der Waals surface area contributed by atoms with Crippen molar-refractivity contribution in [3.63, 3.8) is 0 Å². The largest absolute Gasteiger partial charge is 0.292 e. The molecule has 18 heavy (non-hydrogen) atoms. The number of hydrogen-bond donors (Lipinski definition) is 0. The molecule has 0 aliphatic heterocycles. The molecule has 2 nitrogen and oxygen atoms in total. The summed E-state index contributed by atoms with van der Waals surface area (Å²) in [4.78, 5) is 11.9. The molecule has 0 radical (unpaired) electrons. The van der Waals surface area contributed by atoms with Crippen LogP contribution in [0.2, 0.25) is 0 Å². The Bertz CT molecular complexity index is 365. The number of aromatic nitrogens is 1. The normalized spacial score (nSPS) is 14.1. The fourth-order valence-electron chi connectivity index (χ4n) is 2.28. The second kappa shape index (κ2) is 10.1. The smallest absolute Gasteiger partial charge is 0.206 e. The highest BCUT2D eigenvalue weighted by atomic mass is 79.9. The molecule has 1 aliphatic carbocycles. The van der Waals surface area contributed by atoms with Crippen molar-refractivity contribution in [2.24, 2.45) is 5.92 Å². The molecule has 1 aromatic heterocycles. The van der Waals surface area contributed by atoms with Crippen LogP contribution in [0.15, 0.2) is 24.4 Å². The number of pyridine rings is 1. The van der Waals surface area contributed by atoms with Gasteiger partial charge < -0.3 is 0 Å². The minimum atomic E-state index is 0. The van der Waals surface area contributed by atoms with Gasteiger partial charge in [-0.1, -0.05) is 18.9 Å². The van der Waals surface area contributed by atoms with Crippen molar-refractivity contribution in [2.45, 2.75) is 39.2 Å². The van der Waals surface area contributed by atoms with Crippen LogP contribution in [0, 0.1) is 12.8 Å². The summed E-state index contributed by atoms with van der Waals surface area (Å²) >= 11 is 0. The number of halogens is 3. The molecule has 2 rings (SSSR count). The molecule has 0 aromatic carbocycles. The molecule has 1 saturated carbocycles. The van der Waals surface area contributed by atoms with E-state index in [9.17, 15) is 4.79 Å². The summed E-state index contributed by atoms with van der Waals surface area (Å²) in [7, 11) is 0. The summed E-state index contributed by atoms with van der Waals surface area (Å²) in [5.74, 6) is 0.740. The standard InChI is InChI=1S/C13H18NO.3BrH/c1-11-6-4-5-9-14(11)10-13(15)12-7-2-3-8-12;;;/h4-6,9,12H,2-3,7-8,10H2,1H3;3*1H/q+1;;;. The van der Waals surface area contributed by atoms with Crippen LogP contribution >= 0.6 is 50.9 Å². The monoisotopic (exact) mass is 444 g/mol. The number of ketones is 1. The Morgan fingerprint density at radius 1 is 1.22 bits per heavy atom. The van der Waals surface area contributed by atoms with Crippen LogP contribution in [-0.2, 0) is 11.3 Å². The average molecular weight is 447 g/mol. The van der Waals surface area contributed by atoms with Crippen molar-refractivity contribution in [1.82, 2.24) is 0 Å². The maximum Gasteiger partial charge on any atom is 0.206 e. The number of carbonyl (C=O) groups excluding carboxylic acids is 1. The Balaban J connectivity index is 0. The second-order valence-electron chi connectivity index (χ2n) is 4.42. The summed E-state index contributed by atoms with van der Waals surface area (Å²) in [5.41, 5.74) is 1.16. The van der Waals surface area contributed by atoms with E-state index >= 15 is 0 Å². The van der Waals surface area contributed by atoms with Crippen molar-refractivity contribution in [3.05, 3.63) is 30.1 Å². The number of Topliss-reactive ketones (excluding diaryl/α,β-unsaturated/α-hetero) is 1. The maximum atomic E-state index is 11.9. The first-order valence-electron chi connectivity index (χ1n) is 5.75.